The fourth-order valence-corrected chi connectivity index (χ4v) is 2.19. The Balaban J connectivity index is 2.48. The van der Waals surface area contributed by atoms with E-state index in [0.717, 1.165) is 24.2 Å². The van der Waals surface area contributed by atoms with Crippen LogP contribution in [0.4, 0.5) is 0 Å². The van der Waals surface area contributed by atoms with Crippen molar-refractivity contribution in [3.05, 3.63) is 35.9 Å². The van der Waals surface area contributed by atoms with Gasteiger partial charge < -0.3 is 10.1 Å². The zero-order valence-electron chi connectivity index (χ0n) is 13.4. The molecular formula is C18H27NO2. The topological polar surface area (TPSA) is 38.3 Å². The first-order valence-electron chi connectivity index (χ1n) is 7.82. The van der Waals surface area contributed by atoms with Gasteiger partial charge in [-0.2, -0.15) is 0 Å². The maximum absolute atomic E-state index is 11.9. The van der Waals surface area contributed by atoms with E-state index in [9.17, 15) is 4.79 Å². The summed E-state index contributed by atoms with van der Waals surface area (Å²) in [4.78, 5) is 11.9. The van der Waals surface area contributed by atoms with Crippen molar-refractivity contribution >= 4 is 12.0 Å². The molecule has 1 unspecified atom stereocenters. The molecule has 21 heavy (non-hydrogen) atoms. The van der Waals surface area contributed by atoms with Crippen molar-refractivity contribution in [2.24, 2.45) is 0 Å². The fourth-order valence-electron chi connectivity index (χ4n) is 2.19. The Morgan fingerprint density at radius 1 is 1.33 bits per heavy atom. The Labute approximate surface area is 128 Å². The standard InChI is InChI=1S/C18H27NO2/c1-4-6-7-10-16(5-2)19-18(20)13-12-15-9-8-11-17(14-15)21-3/h8-9,11-14,16H,4-7,10H2,1-3H3,(H,19,20)/b13-12+. The van der Waals surface area contributed by atoms with Crippen molar-refractivity contribution in [3.8, 4) is 5.75 Å². The molecule has 1 amide bonds. The number of nitrogens with one attached hydrogen (secondary N) is 1. The molecule has 0 aliphatic carbocycles. The Morgan fingerprint density at radius 2 is 2.14 bits per heavy atom. The lowest BCUT2D eigenvalue weighted by molar-refractivity contribution is -0.117. The summed E-state index contributed by atoms with van der Waals surface area (Å²) in [5.41, 5.74) is 0.962. The third kappa shape index (κ3) is 6.98. The van der Waals surface area contributed by atoms with Crippen LogP contribution in [0.15, 0.2) is 30.3 Å². The zero-order chi connectivity index (χ0) is 15.5. The summed E-state index contributed by atoms with van der Waals surface area (Å²) in [6, 6.07) is 7.93. The largest absolute Gasteiger partial charge is 0.497 e. The summed E-state index contributed by atoms with van der Waals surface area (Å²) in [6.07, 6.45) is 9.06. The molecule has 1 rings (SSSR count). The van der Waals surface area contributed by atoms with Crippen molar-refractivity contribution in [2.45, 2.75) is 52.0 Å². The first kappa shape index (κ1) is 17.3. The van der Waals surface area contributed by atoms with Gasteiger partial charge in [-0.1, -0.05) is 45.2 Å². The number of carbonyl (C=O) groups excluding carboxylic acids is 1. The number of hydrogen-bond donors (Lipinski definition) is 1. The maximum Gasteiger partial charge on any atom is 0.244 e. The van der Waals surface area contributed by atoms with Gasteiger partial charge in [0.25, 0.3) is 0 Å². The number of carbonyl (C=O) groups is 1. The van der Waals surface area contributed by atoms with Crippen LogP contribution in [0.25, 0.3) is 6.08 Å². The number of methoxy groups -OCH3 is 1. The van der Waals surface area contributed by atoms with E-state index < -0.39 is 0 Å². The SMILES string of the molecule is CCCCCC(CC)NC(=O)/C=C/c1cccc(OC)c1. The smallest absolute Gasteiger partial charge is 0.244 e. The highest BCUT2D eigenvalue weighted by atomic mass is 16.5. The van der Waals surface area contributed by atoms with Crippen LogP contribution in [0.3, 0.4) is 0 Å². The third-order valence-electron chi connectivity index (χ3n) is 3.52. The molecule has 3 heteroatoms. The van der Waals surface area contributed by atoms with Crippen LogP contribution >= 0.6 is 0 Å². The monoisotopic (exact) mass is 289 g/mol. The summed E-state index contributed by atoms with van der Waals surface area (Å²) < 4.78 is 5.16. The Morgan fingerprint density at radius 3 is 2.81 bits per heavy atom. The van der Waals surface area contributed by atoms with Crippen molar-refractivity contribution in [3.63, 3.8) is 0 Å². The lowest BCUT2D eigenvalue weighted by Crippen LogP contribution is -2.33. The van der Waals surface area contributed by atoms with E-state index in [1.165, 1.54) is 19.3 Å². The molecule has 1 atom stereocenters. The van der Waals surface area contributed by atoms with Crippen molar-refractivity contribution < 1.29 is 9.53 Å². The van der Waals surface area contributed by atoms with E-state index >= 15 is 0 Å². The van der Waals surface area contributed by atoms with E-state index in [0.29, 0.717) is 0 Å². The molecule has 0 bridgehead atoms. The number of ether oxygens (including phenoxy) is 1. The molecule has 0 fully saturated rings. The minimum atomic E-state index is -0.0267. The molecule has 3 nitrogen and oxygen atoms in total. The molecule has 0 saturated carbocycles. The predicted octanol–water partition coefficient (Wildman–Crippen LogP) is 4.18. The number of rotatable bonds is 9. The molecule has 1 N–H and O–H groups in total. The van der Waals surface area contributed by atoms with Gasteiger partial charge in [0.1, 0.15) is 5.75 Å². The van der Waals surface area contributed by atoms with Crippen LogP contribution < -0.4 is 10.1 Å². The number of benzene rings is 1. The lowest BCUT2D eigenvalue weighted by Gasteiger charge is -2.15. The minimum absolute atomic E-state index is 0.0267. The van der Waals surface area contributed by atoms with E-state index in [1.807, 2.05) is 30.3 Å². The van der Waals surface area contributed by atoms with Crippen LogP contribution in [0, 0.1) is 0 Å². The number of amides is 1. The molecule has 0 aliphatic rings. The molecular weight excluding hydrogens is 262 g/mol. The molecule has 0 heterocycles. The van der Waals surface area contributed by atoms with Crippen LogP contribution in [-0.2, 0) is 4.79 Å². The second-order valence-electron chi connectivity index (χ2n) is 5.22. The van der Waals surface area contributed by atoms with Gasteiger partial charge in [0.15, 0.2) is 0 Å². The first-order valence-corrected chi connectivity index (χ1v) is 7.82. The molecule has 1 aromatic rings. The number of unbranched alkanes of at least 4 members (excludes halogenated alkanes) is 2. The molecule has 0 aromatic heterocycles. The van der Waals surface area contributed by atoms with E-state index in [4.69, 9.17) is 4.74 Å². The van der Waals surface area contributed by atoms with Gasteiger partial charge in [0.05, 0.1) is 7.11 Å². The Hall–Kier alpha value is -1.77. The quantitative estimate of drug-likeness (QED) is 0.547. The summed E-state index contributed by atoms with van der Waals surface area (Å²) in [6.45, 7) is 4.30. The maximum atomic E-state index is 11.9. The normalized spacial score (nSPS) is 12.3. The van der Waals surface area contributed by atoms with E-state index in [-0.39, 0.29) is 11.9 Å². The molecule has 0 aliphatic heterocycles. The first-order chi connectivity index (χ1) is 10.2. The van der Waals surface area contributed by atoms with E-state index in [1.54, 1.807) is 13.2 Å². The average molecular weight is 289 g/mol. The summed E-state index contributed by atoms with van der Waals surface area (Å²) >= 11 is 0. The van der Waals surface area contributed by atoms with Gasteiger partial charge in [-0.05, 0) is 36.6 Å². The predicted molar refractivity (Wildman–Crippen MR) is 88.4 cm³/mol. The zero-order valence-corrected chi connectivity index (χ0v) is 13.4. The molecule has 1 aromatic carbocycles. The molecule has 0 spiro atoms. The molecule has 116 valence electrons. The highest BCUT2D eigenvalue weighted by Crippen LogP contribution is 2.13. The average Bonchev–Trinajstić information content (AvgIpc) is 2.52. The van der Waals surface area contributed by atoms with Gasteiger partial charge >= 0.3 is 0 Å². The van der Waals surface area contributed by atoms with Gasteiger partial charge in [-0.25, -0.2) is 0 Å². The van der Waals surface area contributed by atoms with Crippen LogP contribution in [0.1, 0.15) is 51.5 Å². The fraction of sp³-hybridized carbons (Fsp3) is 0.500. The number of hydrogen-bond acceptors (Lipinski definition) is 2. The highest BCUT2D eigenvalue weighted by Gasteiger charge is 2.07. The second kappa shape index (κ2) is 10.0. The minimum Gasteiger partial charge on any atom is -0.497 e. The highest BCUT2D eigenvalue weighted by molar-refractivity contribution is 5.91. The second-order valence-corrected chi connectivity index (χ2v) is 5.22. The van der Waals surface area contributed by atoms with Gasteiger partial charge in [0.2, 0.25) is 5.91 Å². The van der Waals surface area contributed by atoms with Gasteiger partial charge in [-0.15, -0.1) is 0 Å². The van der Waals surface area contributed by atoms with Crippen LogP contribution in [0.2, 0.25) is 0 Å². The third-order valence-corrected chi connectivity index (χ3v) is 3.52. The van der Waals surface area contributed by atoms with Crippen molar-refractivity contribution in [1.29, 1.82) is 0 Å². The van der Waals surface area contributed by atoms with Crippen molar-refractivity contribution in [2.75, 3.05) is 7.11 Å². The van der Waals surface area contributed by atoms with Gasteiger partial charge in [-0.3, -0.25) is 4.79 Å². The Bertz CT molecular complexity index is 454. The van der Waals surface area contributed by atoms with Crippen LogP contribution in [-0.4, -0.2) is 19.1 Å². The van der Waals surface area contributed by atoms with Crippen LogP contribution in [0.5, 0.6) is 5.75 Å². The summed E-state index contributed by atoms with van der Waals surface area (Å²) in [7, 11) is 1.64. The summed E-state index contributed by atoms with van der Waals surface area (Å²) in [5.74, 6) is 0.768. The van der Waals surface area contributed by atoms with Crippen molar-refractivity contribution in [1.82, 2.24) is 5.32 Å². The van der Waals surface area contributed by atoms with E-state index in [2.05, 4.69) is 19.2 Å². The van der Waals surface area contributed by atoms with Gasteiger partial charge in [0, 0.05) is 12.1 Å². The lowest BCUT2D eigenvalue weighted by atomic mass is 10.1. The summed E-state index contributed by atoms with van der Waals surface area (Å²) in [5, 5.41) is 3.07. The molecule has 0 radical (unpaired) electrons. The Kier molecular flexibility index (Phi) is 8.25. The molecule has 0 saturated heterocycles.